The van der Waals surface area contributed by atoms with Gasteiger partial charge in [-0.15, -0.1) is 0 Å². The van der Waals surface area contributed by atoms with Crippen molar-refractivity contribution in [2.75, 3.05) is 32.7 Å². The second-order valence-electron chi connectivity index (χ2n) is 10.4. The van der Waals surface area contributed by atoms with Gasteiger partial charge in [-0.2, -0.15) is 0 Å². The topological polar surface area (TPSA) is 41.6 Å². The van der Waals surface area contributed by atoms with Crippen molar-refractivity contribution in [3.05, 3.63) is 11.6 Å². The van der Waals surface area contributed by atoms with E-state index in [9.17, 15) is 4.79 Å². The highest BCUT2D eigenvalue weighted by Crippen LogP contribution is 2.53. The summed E-state index contributed by atoms with van der Waals surface area (Å²) in [7, 11) is 0. The van der Waals surface area contributed by atoms with Crippen molar-refractivity contribution in [1.82, 2.24) is 10.2 Å². The smallest absolute Gasteiger partial charge is 0.311 e. The second kappa shape index (κ2) is 11.1. The molecule has 2 aliphatic carbocycles. The molecule has 2 fully saturated rings. The number of hydrogen-bond donors (Lipinski definition) is 1. The van der Waals surface area contributed by atoms with Crippen LogP contribution in [0.1, 0.15) is 85.5 Å². The Balaban J connectivity index is 1.48. The summed E-state index contributed by atoms with van der Waals surface area (Å²) in [5.74, 6) is 0.958. The first-order chi connectivity index (χ1) is 14.5. The Hall–Kier alpha value is -0.870. The molecular formula is C26H46N2O2. The maximum atomic E-state index is 12.6. The lowest BCUT2D eigenvalue weighted by atomic mass is 9.59. The summed E-state index contributed by atoms with van der Waals surface area (Å²) in [5, 5.41) is 3.59. The number of carbonyl (C=O) groups excluding carboxylic acids is 1. The summed E-state index contributed by atoms with van der Waals surface area (Å²) in [6, 6.07) is 0. The van der Waals surface area contributed by atoms with Crippen LogP contribution in [0.2, 0.25) is 0 Å². The van der Waals surface area contributed by atoms with E-state index in [0.717, 1.165) is 32.5 Å². The van der Waals surface area contributed by atoms with Crippen molar-refractivity contribution >= 4 is 5.97 Å². The van der Waals surface area contributed by atoms with E-state index in [1.807, 2.05) is 0 Å². The minimum Gasteiger partial charge on any atom is -0.461 e. The van der Waals surface area contributed by atoms with Crippen LogP contribution in [-0.2, 0) is 9.53 Å². The molecule has 0 unspecified atom stereocenters. The number of esters is 1. The molecule has 30 heavy (non-hydrogen) atoms. The minimum absolute atomic E-state index is 0.00235. The van der Waals surface area contributed by atoms with Crippen molar-refractivity contribution in [3.8, 4) is 0 Å². The van der Waals surface area contributed by atoms with Crippen LogP contribution < -0.4 is 5.32 Å². The van der Waals surface area contributed by atoms with Gasteiger partial charge in [0.1, 0.15) is 6.10 Å². The zero-order valence-corrected chi connectivity index (χ0v) is 20.0. The molecule has 1 aliphatic heterocycles. The molecule has 0 amide bonds. The van der Waals surface area contributed by atoms with Crippen LogP contribution in [0, 0.1) is 23.2 Å². The fraction of sp³-hybridized carbons (Fsp3) is 0.885. The molecule has 1 saturated carbocycles. The maximum Gasteiger partial charge on any atom is 0.311 e. The number of unbranched alkanes of at least 4 members (excludes halogenated alkanes) is 2. The molecule has 0 spiro atoms. The Morgan fingerprint density at radius 2 is 1.87 bits per heavy atom. The SMILES string of the molecule is CCCCN(CCCC)CCCNC[C@@H]1C(=O)O[C@H]2C[C@@]3(C)CCC[C@@H](C)C3=C[C@@H]21. The average molecular weight is 419 g/mol. The number of hydrogen-bond acceptors (Lipinski definition) is 4. The van der Waals surface area contributed by atoms with Crippen LogP contribution in [0.4, 0.5) is 0 Å². The first-order valence-corrected chi connectivity index (χ1v) is 12.8. The van der Waals surface area contributed by atoms with Gasteiger partial charge in [0, 0.05) is 12.5 Å². The number of nitrogens with zero attached hydrogens (tertiary/aromatic N) is 1. The van der Waals surface area contributed by atoms with Gasteiger partial charge < -0.3 is 15.0 Å². The zero-order valence-electron chi connectivity index (χ0n) is 20.0. The largest absolute Gasteiger partial charge is 0.461 e. The van der Waals surface area contributed by atoms with Crippen LogP contribution in [0.15, 0.2) is 11.6 Å². The van der Waals surface area contributed by atoms with Crippen molar-refractivity contribution < 1.29 is 9.53 Å². The van der Waals surface area contributed by atoms with Gasteiger partial charge in [0.2, 0.25) is 0 Å². The van der Waals surface area contributed by atoms with Gasteiger partial charge in [-0.05, 0) is 76.0 Å². The Kier molecular flexibility index (Phi) is 8.82. The van der Waals surface area contributed by atoms with Crippen molar-refractivity contribution in [2.45, 2.75) is 91.6 Å². The highest BCUT2D eigenvalue weighted by molar-refractivity contribution is 5.76. The van der Waals surface area contributed by atoms with Crippen LogP contribution in [0.25, 0.3) is 0 Å². The summed E-state index contributed by atoms with van der Waals surface area (Å²) in [5.41, 5.74) is 1.86. The van der Waals surface area contributed by atoms with Crippen LogP contribution in [0.5, 0.6) is 0 Å². The minimum atomic E-state index is -0.00235. The molecule has 3 rings (SSSR count). The van der Waals surface area contributed by atoms with E-state index in [0.29, 0.717) is 5.92 Å². The number of rotatable bonds is 12. The molecule has 4 nitrogen and oxygen atoms in total. The van der Waals surface area contributed by atoms with Crippen molar-refractivity contribution in [3.63, 3.8) is 0 Å². The molecule has 3 aliphatic rings. The third-order valence-electron chi connectivity index (χ3n) is 7.93. The lowest BCUT2D eigenvalue weighted by Crippen LogP contribution is -2.40. The van der Waals surface area contributed by atoms with Crippen LogP contribution in [0.3, 0.4) is 0 Å². The van der Waals surface area contributed by atoms with E-state index in [4.69, 9.17) is 4.74 Å². The van der Waals surface area contributed by atoms with Gasteiger partial charge in [-0.1, -0.05) is 58.6 Å². The molecular weight excluding hydrogens is 372 g/mol. The molecule has 0 aromatic rings. The molecule has 0 aromatic heterocycles. The standard InChI is InChI=1S/C26H46N2O2/c1-5-7-14-28(15-8-6-2)16-10-13-27-19-22-21-17-23-20(3)11-9-12-26(23,4)18-24(21)30-25(22)29/h17,20-22,24,27H,5-16,18-19H2,1-4H3/t20-,21-,22+,24+,26-/m1/s1. The molecule has 0 aromatic carbocycles. The summed E-state index contributed by atoms with van der Waals surface area (Å²) in [4.78, 5) is 15.3. The number of allylic oxidation sites excluding steroid dienone is 1. The van der Waals surface area contributed by atoms with Crippen LogP contribution in [-0.4, -0.2) is 49.7 Å². The van der Waals surface area contributed by atoms with Crippen molar-refractivity contribution in [1.29, 1.82) is 0 Å². The van der Waals surface area contributed by atoms with E-state index in [-0.39, 0.29) is 29.3 Å². The third kappa shape index (κ3) is 5.68. The molecule has 1 heterocycles. The number of fused-ring (bicyclic) bond motifs is 2. The van der Waals surface area contributed by atoms with E-state index in [2.05, 4.69) is 44.0 Å². The fourth-order valence-electron chi connectivity index (χ4n) is 6.07. The Morgan fingerprint density at radius 1 is 1.17 bits per heavy atom. The monoisotopic (exact) mass is 418 g/mol. The molecule has 1 saturated heterocycles. The van der Waals surface area contributed by atoms with Crippen molar-refractivity contribution in [2.24, 2.45) is 23.2 Å². The third-order valence-corrected chi connectivity index (χ3v) is 7.93. The van der Waals surface area contributed by atoms with Crippen LogP contribution >= 0.6 is 0 Å². The summed E-state index contributed by atoms with van der Waals surface area (Å²) >= 11 is 0. The Labute approximate surface area is 185 Å². The first-order valence-electron chi connectivity index (χ1n) is 12.8. The number of nitrogens with one attached hydrogen (secondary N) is 1. The first kappa shape index (κ1) is 23.8. The second-order valence-corrected chi connectivity index (χ2v) is 10.4. The van der Waals surface area contributed by atoms with Gasteiger partial charge in [0.15, 0.2) is 0 Å². The summed E-state index contributed by atoms with van der Waals surface area (Å²) in [6.07, 6.45) is 13.7. The van der Waals surface area contributed by atoms with Gasteiger partial charge in [-0.25, -0.2) is 0 Å². The van der Waals surface area contributed by atoms with Gasteiger partial charge >= 0.3 is 5.97 Å². The molecule has 172 valence electrons. The summed E-state index contributed by atoms with van der Waals surface area (Å²) < 4.78 is 5.88. The quantitative estimate of drug-likeness (QED) is 0.269. The predicted octanol–water partition coefficient (Wildman–Crippen LogP) is 5.18. The van der Waals surface area contributed by atoms with E-state index in [1.165, 1.54) is 58.0 Å². The highest BCUT2D eigenvalue weighted by Gasteiger charge is 2.51. The summed E-state index contributed by atoms with van der Waals surface area (Å²) in [6.45, 7) is 14.7. The Bertz CT molecular complexity index is 582. The van der Waals surface area contributed by atoms with E-state index < -0.39 is 0 Å². The maximum absolute atomic E-state index is 12.6. The van der Waals surface area contributed by atoms with E-state index >= 15 is 0 Å². The fourth-order valence-corrected chi connectivity index (χ4v) is 6.07. The highest BCUT2D eigenvalue weighted by atomic mass is 16.6. The number of carbonyl (C=O) groups is 1. The lowest BCUT2D eigenvalue weighted by Gasteiger charge is -2.46. The molecule has 0 radical (unpaired) electrons. The molecule has 5 atom stereocenters. The zero-order chi connectivity index (χ0) is 21.6. The average Bonchev–Trinajstić information content (AvgIpc) is 3.01. The predicted molar refractivity (Wildman–Crippen MR) is 124 cm³/mol. The van der Waals surface area contributed by atoms with Gasteiger partial charge in [-0.3, -0.25) is 4.79 Å². The molecule has 4 heteroatoms. The Morgan fingerprint density at radius 3 is 2.57 bits per heavy atom. The van der Waals surface area contributed by atoms with Gasteiger partial charge in [0.25, 0.3) is 0 Å². The molecule has 0 bridgehead atoms. The molecule has 1 N–H and O–H groups in total. The lowest BCUT2D eigenvalue weighted by molar-refractivity contribution is -0.145. The van der Waals surface area contributed by atoms with E-state index in [1.54, 1.807) is 5.57 Å². The van der Waals surface area contributed by atoms with Gasteiger partial charge in [0.05, 0.1) is 5.92 Å². The number of ether oxygens (including phenoxy) is 1. The normalized spacial score (nSPS) is 33.2.